The molecule has 1 heterocycles. The first-order valence-corrected chi connectivity index (χ1v) is 16.5. The minimum Gasteiger partial charge on any atom is -0.212 e. The number of rotatable bonds is 5. The molecule has 0 radical (unpaired) electrons. The Kier molecular flexibility index (Phi) is 6.94. The predicted octanol–water partition coefficient (Wildman–Crippen LogP) is 11.5. The summed E-state index contributed by atoms with van der Waals surface area (Å²) in [5.74, 6) is 2.20. The summed E-state index contributed by atoms with van der Waals surface area (Å²) in [5.41, 5.74) is 6.75. The molecule has 9 rings (SSSR count). The molecular formula is C45H31N3. The smallest absolute Gasteiger partial charge is 0.163 e. The van der Waals surface area contributed by atoms with Crippen LogP contribution in [0.5, 0.6) is 0 Å². The fourth-order valence-corrected chi connectivity index (χ4v) is 6.96. The van der Waals surface area contributed by atoms with E-state index in [4.69, 9.17) is 15.0 Å². The minimum absolute atomic E-state index is 0.0479. The topological polar surface area (TPSA) is 38.7 Å². The van der Waals surface area contributed by atoms with Crippen molar-refractivity contribution in [3.63, 3.8) is 0 Å². The van der Waals surface area contributed by atoms with Crippen LogP contribution in [-0.2, 0) is 0 Å². The largest absolute Gasteiger partial charge is 0.212 e. The van der Waals surface area contributed by atoms with Crippen LogP contribution in [-0.4, -0.2) is 15.0 Å². The number of allylic oxidation sites excluding steroid dienone is 4. The fourth-order valence-electron chi connectivity index (χ4n) is 6.96. The van der Waals surface area contributed by atoms with E-state index >= 15 is 0 Å². The molecule has 0 bridgehead atoms. The van der Waals surface area contributed by atoms with Gasteiger partial charge in [-0.1, -0.05) is 164 Å². The third-order valence-corrected chi connectivity index (χ3v) is 9.44. The van der Waals surface area contributed by atoms with E-state index < -0.39 is 0 Å². The summed E-state index contributed by atoms with van der Waals surface area (Å²) < 4.78 is 0. The molecule has 0 spiro atoms. The summed E-state index contributed by atoms with van der Waals surface area (Å²) in [5, 5.41) is 7.43. The van der Waals surface area contributed by atoms with Crippen molar-refractivity contribution in [2.75, 3.05) is 0 Å². The van der Waals surface area contributed by atoms with Crippen molar-refractivity contribution < 1.29 is 0 Å². The Bertz CT molecular complexity index is 2480. The van der Waals surface area contributed by atoms with E-state index in [2.05, 4.69) is 164 Å². The molecule has 8 aromatic rings. The molecule has 1 aliphatic rings. The summed E-state index contributed by atoms with van der Waals surface area (Å²) in [6, 6.07) is 53.5. The number of benzene rings is 7. The van der Waals surface area contributed by atoms with Gasteiger partial charge in [0.05, 0.1) is 0 Å². The summed E-state index contributed by atoms with van der Waals surface area (Å²) >= 11 is 0. The van der Waals surface area contributed by atoms with Crippen LogP contribution in [0.1, 0.15) is 23.7 Å². The second-order valence-electron chi connectivity index (χ2n) is 12.4. The molecule has 0 saturated heterocycles. The van der Waals surface area contributed by atoms with Gasteiger partial charge in [-0.2, -0.15) is 0 Å². The van der Waals surface area contributed by atoms with E-state index in [1.165, 1.54) is 49.0 Å². The Hall–Kier alpha value is -6.19. The molecule has 3 nitrogen and oxygen atoms in total. The van der Waals surface area contributed by atoms with Gasteiger partial charge in [-0.15, -0.1) is 0 Å². The van der Waals surface area contributed by atoms with Gasteiger partial charge in [0.2, 0.25) is 0 Å². The Balaban J connectivity index is 1.18. The highest BCUT2D eigenvalue weighted by molar-refractivity contribution is 6.25. The van der Waals surface area contributed by atoms with E-state index in [1.807, 2.05) is 6.07 Å². The van der Waals surface area contributed by atoms with Gasteiger partial charge in [0.15, 0.2) is 11.6 Å². The van der Waals surface area contributed by atoms with Gasteiger partial charge in [-0.3, -0.25) is 0 Å². The molecule has 0 aliphatic heterocycles. The lowest BCUT2D eigenvalue weighted by atomic mass is 9.92. The average Bonchev–Trinajstić information content (AvgIpc) is 3.18. The molecule has 0 saturated carbocycles. The van der Waals surface area contributed by atoms with Gasteiger partial charge >= 0.3 is 0 Å². The van der Waals surface area contributed by atoms with Gasteiger partial charge < -0.3 is 0 Å². The summed E-state index contributed by atoms with van der Waals surface area (Å²) in [6.07, 6.45) is 7.56. The van der Waals surface area contributed by atoms with Crippen LogP contribution < -0.4 is 0 Å². The van der Waals surface area contributed by atoms with Crippen LogP contribution in [0.4, 0.5) is 0 Å². The fraction of sp³-hybridized carbons (Fsp3) is 0.0444. The quantitative estimate of drug-likeness (QED) is 0.181. The zero-order valence-corrected chi connectivity index (χ0v) is 26.3. The molecular weight excluding hydrogens is 583 g/mol. The first-order chi connectivity index (χ1) is 23.8. The number of nitrogens with zero attached hydrogens (tertiary/aromatic N) is 3. The number of fused-ring (bicyclic) bond motifs is 6. The number of hydrogen-bond acceptors (Lipinski definition) is 3. The van der Waals surface area contributed by atoms with Crippen LogP contribution >= 0.6 is 0 Å². The maximum Gasteiger partial charge on any atom is 0.163 e. The molecule has 226 valence electrons. The van der Waals surface area contributed by atoms with Crippen molar-refractivity contribution >= 4 is 37.9 Å². The molecule has 48 heavy (non-hydrogen) atoms. The summed E-state index contributed by atoms with van der Waals surface area (Å²) in [4.78, 5) is 15.4. The zero-order chi connectivity index (χ0) is 31.9. The SMILES string of the molecule is C1=CC(c2nc(-c3ccc(-c4ccccc4)cc3)nc(-c3ccc4c5ccccc5c5ccccc5c4c3)n2)CC=C1c1ccccc1. The molecule has 1 unspecified atom stereocenters. The molecule has 1 atom stereocenters. The normalized spacial score (nSPS) is 14.4. The lowest BCUT2D eigenvalue weighted by Crippen LogP contribution is -2.08. The first-order valence-electron chi connectivity index (χ1n) is 16.5. The maximum atomic E-state index is 5.16. The molecule has 0 amide bonds. The van der Waals surface area contributed by atoms with Crippen molar-refractivity contribution in [3.8, 4) is 33.9 Å². The third-order valence-electron chi connectivity index (χ3n) is 9.44. The first kappa shape index (κ1) is 28.1. The predicted molar refractivity (Wildman–Crippen MR) is 200 cm³/mol. The maximum absolute atomic E-state index is 5.16. The van der Waals surface area contributed by atoms with Gasteiger partial charge in [-0.25, -0.2) is 15.0 Å². The van der Waals surface area contributed by atoms with Crippen molar-refractivity contribution in [2.45, 2.75) is 12.3 Å². The van der Waals surface area contributed by atoms with Crippen LogP contribution in [0.3, 0.4) is 0 Å². The highest BCUT2D eigenvalue weighted by Gasteiger charge is 2.20. The Morgan fingerprint density at radius 3 is 1.48 bits per heavy atom. The van der Waals surface area contributed by atoms with Crippen molar-refractivity contribution in [3.05, 3.63) is 181 Å². The number of hydrogen-bond donors (Lipinski definition) is 0. The second kappa shape index (κ2) is 11.9. The van der Waals surface area contributed by atoms with Crippen LogP contribution in [0.2, 0.25) is 0 Å². The minimum atomic E-state index is 0.0479. The van der Waals surface area contributed by atoms with Crippen LogP contribution in [0, 0.1) is 0 Å². The highest BCUT2D eigenvalue weighted by atomic mass is 15.0. The van der Waals surface area contributed by atoms with Crippen molar-refractivity contribution in [2.24, 2.45) is 0 Å². The monoisotopic (exact) mass is 613 g/mol. The average molecular weight is 614 g/mol. The molecule has 3 heteroatoms. The molecule has 0 fully saturated rings. The van der Waals surface area contributed by atoms with E-state index in [-0.39, 0.29) is 5.92 Å². The molecule has 1 aromatic heterocycles. The van der Waals surface area contributed by atoms with E-state index in [1.54, 1.807) is 0 Å². The zero-order valence-electron chi connectivity index (χ0n) is 26.3. The lowest BCUT2D eigenvalue weighted by molar-refractivity contribution is 0.766. The highest BCUT2D eigenvalue weighted by Crippen LogP contribution is 2.37. The second-order valence-corrected chi connectivity index (χ2v) is 12.4. The summed E-state index contributed by atoms with van der Waals surface area (Å²) in [6.45, 7) is 0. The third kappa shape index (κ3) is 5.06. The van der Waals surface area contributed by atoms with E-state index in [0.717, 1.165) is 28.9 Å². The Labute approximate surface area is 279 Å². The Morgan fingerprint density at radius 2 is 0.875 bits per heavy atom. The van der Waals surface area contributed by atoms with Crippen LogP contribution in [0.15, 0.2) is 170 Å². The number of aromatic nitrogens is 3. The molecule has 0 N–H and O–H groups in total. The molecule has 1 aliphatic carbocycles. The van der Waals surface area contributed by atoms with E-state index in [0.29, 0.717) is 11.6 Å². The van der Waals surface area contributed by atoms with Gasteiger partial charge in [-0.05, 0) is 67.1 Å². The van der Waals surface area contributed by atoms with Gasteiger partial charge in [0, 0.05) is 17.0 Å². The van der Waals surface area contributed by atoms with Crippen LogP contribution in [0.25, 0.3) is 71.8 Å². The van der Waals surface area contributed by atoms with E-state index in [9.17, 15) is 0 Å². The summed E-state index contributed by atoms with van der Waals surface area (Å²) in [7, 11) is 0. The Morgan fingerprint density at radius 1 is 0.396 bits per heavy atom. The van der Waals surface area contributed by atoms with Crippen molar-refractivity contribution in [1.29, 1.82) is 0 Å². The van der Waals surface area contributed by atoms with Gasteiger partial charge in [0.1, 0.15) is 5.82 Å². The van der Waals surface area contributed by atoms with Gasteiger partial charge in [0.25, 0.3) is 0 Å². The molecule has 7 aromatic carbocycles. The standard InChI is InChI=1S/C45H31N3/c1-3-11-30(12-4-1)32-19-23-34(24-20-32)43-46-44(35-25-21-33(22-26-35)31-13-5-2-6-14-31)48-45(47-43)36-27-28-41-39-17-8-7-15-37(39)38-16-9-10-18-40(38)42(41)29-36/h1-25,27-29,35H,26H2. The van der Waals surface area contributed by atoms with Crippen molar-refractivity contribution in [1.82, 2.24) is 15.0 Å². The lowest BCUT2D eigenvalue weighted by Gasteiger charge is -2.17.